The number of pyridine rings is 1. The first kappa shape index (κ1) is 25.9. The molecule has 3 aromatic rings. The normalized spacial score (nSPS) is 11.4. The van der Waals surface area contributed by atoms with Crippen molar-refractivity contribution in [2.24, 2.45) is 5.73 Å². The molecule has 0 bridgehead atoms. The fourth-order valence-electron chi connectivity index (χ4n) is 3.25. The van der Waals surface area contributed by atoms with E-state index in [4.69, 9.17) is 11.1 Å². The van der Waals surface area contributed by atoms with Crippen LogP contribution in [-0.4, -0.2) is 35.2 Å². The summed E-state index contributed by atoms with van der Waals surface area (Å²) in [6, 6.07) is 22.3. The predicted octanol–water partition coefficient (Wildman–Crippen LogP) is 2.54. The van der Waals surface area contributed by atoms with E-state index in [1.54, 1.807) is 30.5 Å². The van der Waals surface area contributed by atoms with Crippen LogP contribution in [-0.2, 0) is 28.3 Å². The molecule has 1 aromatic heterocycles. The first-order chi connectivity index (χ1) is 17.0. The van der Waals surface area contributed by atoms with Crippen LogP contribution in [0, 0.1) is 5.41 Å². The maximum absolute atomic E-state index is 12.9. The summed E-state index contributed by atoms with van der Waals surface area (Å²) in [5, 5.41) is 13.0. The van der Waals surface area contributed by atoms with Crippen LogP contribution in [0.15, 0.2) is 79.0 Å². The first-order valence-corrected chi connectivity index (χ1v) is 12.3. The number of nitrogens with two attached hydrogens (primary N) is 1. The van der Waals surface area contributed by atoms with E-state index in [0.717, 1.165) is 23.2 Å². The molecule has 182 valence electrons. The van der Waals surface area contributed by atoms with Crippen molar-refractivity contribution in [1.82, 2.24) is 20.3 Å². The van der Waals surface area contributed by atoms with Gasteiger partial charge in [0.25, 0.3) is 0 Å². The number of hydrogen-bond donors (Lipinski definition) is 5. The predicted molar refractivity (Wildman–Crippen MR) is 140 cm³/mol. The lowest BCUT2D eigenvalue weighted by atomic mass is 10.1. The van der Waals surface area contributed by atoms with E-state index in [2.05, 4.69) is 20.3 Å². The van der Waals surface area contributed by atoms with Gasteiger partial charge in [-0.1, -0.05) is 72.6 Å². The second kappa shape index (κ2) is 13.9. The van der Waals surface area contributed by atoms with Crippen LogP contribution >= 0.6 is 11.9 Å². The van der Waals surface area contributed by atoms with Crippen LogP contribution in [0.25, 0.3) is 0 Å². The minimum Gasteiger partial charge on any atom is -0.384 e. The third-order valence-corrected chi connectivity index (χ3v) is 6.12. The number of carbonyl (C=O) groups excluding carboxylic acids is 2. The number of amides is 2. The van der Waals surface area contributed by atoms with Gasteiger partial charge in [0.15, 0.2) is 0 Å². The molecule has 35 heavy (non-hydrogen) atoms. The molecule has 0 aliphatic heterocycles. The van der Waals surface area contributed by atoms with E-state index >= 15 is 0 Å². The number of aryl methyl sites for hydroxylation is 1. The first-order valence-electron chi connectivity index (χ1n) is 11.3. The van der Waals surface area contributed by atoms with E-state index in [1.165, 1.54) is 11.9 Å². The van der Waals surface area contributed by atoms with Gasteiger partial charge in [-0.3, -0.25) is 24.7 Å². The van der Waals surface area contributed by atoms with Crippen molar-refractivity contribution in [3.8, 4) is 0 Å². The highest BCUT2D eigenvalue weighted by Gasteiger charge is 2.19. The highest BCUT2D eigenvalue weighted by Crippen LogP contribution is 2.11. The topological polar surface area (TPSA) is 133 Å². The van der Waals surface area contributed by atoms with E-state index in [1.807, 2.05) is 48.5 Å². The molecule has 0 spiro atoms. The second-order valence-corrected chi connectivity index (χ2v) is 8.72. The number of hydrogen-bond acceptors (Lipinski definition) is 6. The third-order valence-electron chi connectivity index (χ3n) is 5.23. The van der Waals surface area contributed by atoms with Gasteiger partial charge in [-0.05, 0) is 36.1 Å². The van der Waals surface area contributed by atoms with E-state index in [0.29, 0.717) is 24.3 Å². The van der Waals surface area contributed by atoms with Crippen LogP contribution < -0.4 is 21.1 Å². The maximum atomic E-state index is 12.9. The average Bonchev–Trinajstić information content (AvgIpc) is 2.89. The van der Waals surface area contributed by atoms with Crippen LogP contribution in [0.3, 0.4) is 0 Å². The Balaban J connectivity index is 1.48. The number of nitrogens with zero attached hydrogens (tertiary/aromatic N) is 1. The lowest BCUT2D eigenvalue weighted by molar-refractivity contribution is -0.127. The number of amidine groups is 1. The Morgan fingerprint density at radius 2 is 1.69 bits per heavy atom. The third kappa shape index (κ3) is 9.23. The number of nitrogens with one attached hydrogen (secondary N) is 4. The smallest absolute Gasteiger partial charge is 0.239 e. The zero-order valence-electron chi connectivity index (χ0n) is 19.4. The molecule has 8 nitrogen and oxygen atoms in total. The fourth-order valence-corrected chi connectivity index (χ4v) is 4.08. The lowest BCUT2D eigenvalue weighted by Crippen LogP contribution is -2.45. The molecule has 0 radical (unpaired) electrons. The Labute approximate surface area is 209 Å². The lowest BCUT2D eigenvalue weighted by Gasteiger charge is -2.18. The van der Waals surface area contributed by atoms with Gasteiger partial charge < -0.3 is 16.4 Å². The molecule has 3 rings (SSSR count). The molecule has 2 amide bonds. The molecular weight excluding hydrogens is 460 g/mol. The zero-order valence-corrected chi connectivity index (χ0v) is 20.2. The summed E-state index contributed by atoms with van der Waals surface area (Å²) in [4.78, 5) is 29.5. The standard InChI is InChI=1S/C26H30N6O2S/c27-25(28)21-12-9-20(10-13-21)16-30-24(33)17-31-26(34)23(14-11-19-6-2-1-3-7-19)32-35-18-22-8-4-5-15-29-22/h1-10,12-13,15,23,32H,11,14,16-18H2,(H3,27,28)(H,30,33)(H,31,34)/t23-/m1/s1. The minimum absolute atomic E-state index is 0.00285. The summed E-state index contributed by atoms with van der Waals surface area (Å²) in [5.74, 6) is 0.114. The van der Waals surface area contributed by atoms with Crippen LogP contribution in [0.5, 0.6) is 0 Å². The van der Waals surface area contributed by atoms with Gasteiger partial charge in [0, 0.05) is 18.3 Å². The van der Waals surface area contributed by atoms with E-state index in [9.17, 15) is 9.59 Å². The molecular formula is C26H30N6O2S. The molecule has 9 heteroatoms. The molecule has 1 atom stereocenters. The molecule has 0 aliphatic rings. The zero-order chi connectivity index (χ0) is 24.9. The quantitative estimate of drug-likeness (QED) is 0.142. The van der Waals surface area contributed by atoms with Gasteiger partial charge in [0.1, 0.15) is 5.84 Å². The summed E-state index contributed by atoms with van der Waals surface area (Å²) < 4.78 is 3.24. The molecule has 1 heterocycles. The minimum atomic E-state index is -0.462. The summed E-state index contributed by atoms with van der Waals surface area (Å²) in [7, 11) is 0. The van der Waals surface area contributed by atoms with E-state index in [-0.39, 0.29) is 24.2 Å². The van der Waals surface area contributed by atoms with Crippen LogP contribution in [0.4, 0.5) is 0 Å². The summed E-state index contributed by atoms with van der Waals surface area (Å²) in [6.45, 7) is 0.210. The van der Waals surface area contributed by atoms with Gasteiger partial charge in [-0.15, -0.1) is 0 Å². The second-order valence-electron chi connectivity index (χ2n) is 7.91. The molecule has 0 fully saturated rings. The van der Waals surface area contributed by atoms with Gasteiger partial charge in [0.2, 0.25) is 11.8 Å². The van der Waals surface area contributed by atoms with Gasteiger partial charge in [-0.25, -0.2) is 0 Å². The summed E-state index contributed by atoms with van der Waals surface area (Å²) in [5.41, 5.74) is 9.03. The van der Waals surface area contributed by atoms with Crippen molar-refractivity contribution in [2.75, 3.05) is 6.54 Å². The van der Waals surface area contributed by atoms with Crippen molar-refractivity contribution in [2.45, 2.75) is 31.2 Å². The Kier molecular flexibility index (Phi) is 10.3. The monoisotopic (exact) mass is 490 g/mol. The molecule has 0 unspecified atom stereocenters. The van der Waals surface area contributed by atoms with Gasteiger partial charge >= 0.3 is 0 Å². The number of aromatic nitrogens is 1. The summed E-state index contributed by atoms with van der Waals surface area (Å²) in [6.07, 6.45) is 3.07. The maximum Gasteiger partial charge on any atom is 0.239 e. The van der Waals surface area contributed by atoms with Crippen molar-refractivity contribution in [3.63, 3.8) is 0 Å². The van der Waals surface area contributed by atoms with Gasteiger partial charge in [-0.2, -0.15) is 0 Å². The Hall–Kier alpha value is -3.69. The van der Waals surface area contributed by atoms with Crippen molar-refractivity contribution in [1.29, 1.82) is 5.41 Å². The number of benzene rings is 2. The SMILES string of the molecule is N=C(N)c1ccc(CNC(=O)CNC(=O)[C@@H](CCc2ccccc2)NSCc2ccccn2)cc1. The number of rotatable bonds is 13. The van der Waals surface area contributed by atoms with E-state index < -0.39 is 6.04 Å². The summed E-state index contributed by atoms with van der Waals surface area (Å²) >= 11 is 1.42. The fraction of sp³-hybridized carbons (Fsp3) is 0.231. The van der Waals surface area contributed by atoms with Crippen LogP contribution in [0.1, 0.15) is 28.8 Å². The Morgan fingerprint density at radius 3 is 2.37 bits per heavy atom. The largest absolute Gasteiger partial charge is 0.384 e. The average molecular weight is 491 g/mol. The molecule has 0 saturated heterocycles. The highest BCUT2D eigenvalue weighted by molar-refractivity contribution is 7.96. The van der Waals surface area contributed by atoms with Crippen molar-refractivity contribution in [3.05, 3.63) is 101 Å². The van der Waals surface area contributed by atoms with Crippen molar-refractivity contribution < 1.29 is 9.59 Å². The van der Waals surface area contributed by atoms with Crippen molar-refractivity contribution >= 4 is 29.6 Å². The Morgan fingerprint density at radius 1 is 0.943 bits per heavy atom. The van der Waals surface area contributed by atoms with Gasteiger partial charge in [0.05, 0.1) is 24.0 Å². The molecule has 0 aliphatic carbocycles. The molecule has 2 aromatic carbocycles. The molecule has 0 saturated carbocycles. The Bertz CT molecular complexity index is 1090. The van der Waals surface area contributed by atoms with Crippen LogP contribution in [0.2, 0.25) is 0 Å². The highest BCUT2D eigenvalue weighted by atomic mass is 32.2. The number of carbonyl (C=O) groups is 2. The molecule has 6 N–H and O–H groups in total. The number of nitrogen functional groups attached to an aromatic ring is 1.